The zero-order valence-electron chi connectivity index (χ0n) is 9.52. The lowest BCUT2D eigenvalue weighted by atomic mass is 10.1. The number of nitrogens with zero attached hydrogens (tertiary/aromatic N) is 2. The second-order valence-electron chi connectivity index (χ2n) is 3.78. The summed E-state index contributed by atoms with van der Waals surface area (Å²) in [7, 11) is 0. The standard InChI is InChI=1S/C11H12N4OS/c1-6-3-7(2)5-8(4-6)9(16)13-11-15-14-10(12)17-11/h3-5H,1-2H3,(H2,12,14)(H,13,15,16). The Bertz CT molecular complexity index is 544. The lowest BCUT2D eigenvalue weighted by molar-refractivity contribution is 0.102. The average molecular weight is 248 g/mol. The third kappa shape index (κ3) is 2.79. The van der Waals surface area contributed by atoms with Crippen molar-refractivity contribution >= 4 is 27.5 Å². The molecule has 1 aromatic heterocycles. The number of amides is 1. The van der Waals surface area contributed by atoms with Crippen molar-refractivity contribution < 1.29 is 4.79 Å². The minimum atomic E-state index is -0.201. The van der Waals surface area contributed by atoms with Crippen LogP contribution in [0.15, 0.2) is 18.2 Å². The predicted octanol–water partition coefficient (Wildman–Crippen LogP) is 1.99. The number of benzene rings is 1. The van der Waals surface area contributed by atoms with E-state index in [9.17, 15) is 4.79 Å². The third-order valence-corrected chi connectivity index (χ3v) is 2.81. The number of hydrogen-bond acceptors (Lipinski definition) is 5. The molecule has 1 heterocycles. The van der Waals surface area contributed by atoms with Crippen LogP contribution in [0, 0.1) is 13.8 Å². The molecule has 0 atom stereocenters. The van der Waals surface area contributed by atoms with E-state index in [0.717, 1.165) is 22.5 Å². The number of anilines is 2. The predicted molar refractivity (Wildman–Crippen MR) is 68.2 cm³/mol. The fourth-order valence-electron chi connectivity index (χ4n) is 1.56. The molecular formula is C11H12N4OS. The van der Waals surface area contributed by atoms with E-state index in [1.807, 2.05) is 32.0 Å². The van der Waals surface area contributed by atoms with Crippen molar-refractivity contribution in [2.24, 2.45) is 0 Å². The molecule has 0 spiro atoms. The smallest absolute Gasteiger partial charge is 0.257 e. The van der Waals surface area contributed by atoms with Gasteiger partial charge in [0.1, 0.15) is 0 Å². The largest absolute Gasteiger partial charge is 0.374 e. The van der Waals surface area contributed by atoms with Gasteiger partial charge in [0.05, 0.1) is 0 Å². The van der Waals surface area contributed by atoms with Gasteiger partial charge in [0.2, 0.25) is 10.3 Å². The SMILES string of the molecule is Cc1cc(C)cc(C(=O)Nc2nnc(N)s2)c1. The molecule has 2 aromatic rings. The van der Waals surface area contributed by atoms with Crippen molar-refractivity contribution in [2.45, 2.75) is 13.8 Å². The van der Waals surface area contributed by atoms with Crippen LogP contribution in [0.2, 0.25) is 0 Å². The van der Waals surface area contributed by atoms with E-state index in [2.05, 4.69) is 15.5 Å². The Morgan fingerprint density at radius 3 is 2.41 bits per heavy atom. The van der Waals surface area contributed by atoms with Crippen molar-refractivity contribution in [3.05, 3.63) is 34.9 Å². The number of hydrogen-bond donors (Lipinski definition) is 2. The Kier molecular flexibility index (Phi) is 3.06. The zero-order chi connectivity index (χ0) is 12.4. The first kappa shape index (κ1) is 11.5. The highest BCUT2D eigenvalue weighted by Gasteiger charge is 2.09. The minimum Gasteiger partial charge on any atom is -0.374 e. The third-order valence-electron chi connectivity index (χ3n) is 2.14. The van der Waals surface area contributed by atoms with Gasteiger partial charge in [-0.1, -0.05) is 28.5 Å². The molecule has 0 radical (unpaired) electrons. The molecule has 0 saturated carbocycles. The Balaban J connectivity index is 2.19. The van der Waals surface area contributed by atoms with E-state index in [4.69, 9.17) is 5.73 Å². The van der Waals surface area contributed by atoms with Crippen molar-refractivity contribution in [3.63, 3.8) is 0 Å². The highest BCUT2D eigenvalue weighted by atomic mass is 32.1. The fraction of sp³-hybridized carbons (Fsp3) is 0.182. The number of nitrogen functional groups attached to an aromatic ring is 1. The van der Waals surface area contributed by atoms with Crippen molar-refractivity contribution in [1.82, 2.24) is 10.2 Å². The maximum atomic E-state index is 11.9. The molecule has 0 fully saturated rings. The molecule has 0 unspecified atom stereocenters. The van der Waals surface area contributed by atoms with E-state index < -0.39 is 0 Å². The maximum Gasteiger partial charge on any atom is 0.257 e. The summed E-state index contributed by atoms with van der Waals surface area (Å²) in [6.07, 6.45) is 0. The first-order valence-electron chi connectivity index (χ1n) is 5.03. The van der Waals surface area contributed by atoms with Crippen LogP contribution in [0.1, 0.15) is 21.5 Å². The van der Waals surface area contributed by atoms with Crippen molar-refractivity contribution in [3.8, 4) is 0 Å². The molecule has 0 saturated heterocycles. The maximum absolute atomic E-state index is 11.9. The number of nitrogens with two attached hydrogens (primary N) is 1. The molecule has 2 rings (SSSR count). The Morgan fingerprint density at radius 2 is 1.88 bits per heavy atom. The summed E-state index contributed by atoms with van der Waals surface area (Å²) in [6, 6.07) is 5.67. The second kappa shape index (κ2) is 4.50. The average Bonchev–Trinajstić information content (AvgIpc) is 2.62. The first-order chi connectivity index (χ1) is 8.04. The highest BCUT2D eigenvalue weighted by molar-refractivity contribution is 7.19. The van der Waals surface area contributed by atoms with Gasteiger partial charge in [0.15, 0.2) is 0 Å². The van der Waals surface area contributed by atoms with Gasteiger partial charge < -0.3 is 5.73 Å². The molecule has 1 aromatic carbocycles. The molecule has 6 heteroatoms. The van der Waals surface area contributed by atoms with Crippen LogP contribution in [-0.2, 0) is 0 Å². The number of aryl methyl sites for hydroxylation is 2. The quantitative estimate of drug-likeness (QED) is 0.851. The molecule has 17 heavy (non-hydrogen) atoms. The summed E-state index contributed by atoms with van der Waals surface area (Å²) in [5.41, 5.74) is 8.14. The fourth-order valence-corrected chi connectivity index (χ4v) is 2.07. The number of carbonyl (C=O) groups is 1. The summed E-state index contributed by atoms with van der Waals surface area (Å²) < 4.78 is 0. The summed E-state index contributed by atoms with van der Waals surface area (Å²) in [5, 5.41) is 10.8. The normalized spacial score (nSPS) is 10.2. The summed E-state index contributed by atoms with van der Waals surface area (Å²) in [4.78, 5) is 11.9. The van der Waals surface area contributed by atoms with E-state index in [0.29, 0.717) is 15.8 Å². The van der Waals surface area contributed by atoms with Crippen LogP contribution in [-0.4, -0.2) is 16.1 Å². The summed E-state index contributed by atoms with van der Waals surface area (Å²) in [6.45, 7) is 3.90. The van der Waals surface area contributed by atoms with E-state index >= 15 is 0 Å². The lowest BCUT2D eigenvalue weighted by Crippen LogP contribution is -2.12. The van der Waals surface area contributed by atoms with Gasteiger partial charge >= 0.3 is 0 Å². The molecular weight excluding hydrogens is 236 g/mol. The molecule has 0 aliphatic carbocycles. The number of rotatable bonds is 2. The van der Waals surface area contributed by atoms with Gasteiger partial charge in [-0.05, 0) is 26.0 Å². The number of aromatic nitrogens is 2. The van der Waals surface area contributed by atoms with Gasteiger partial charge in [-0.15, -0.1) is 10.2 Å². The second-order valence-corrected chi connectivity index (χ2v) is 4.79. The van der Waals surface area contributed by atoms with Crippen LogP contribution < -0.4 is 11.1 Å². The molecule has 5 nitrogen and oxygen atoms in total. The molecule has 0 bridgehead atoms. The van der Waals surface area contributed by atoms with Crippen LogP contribution in [0.3, 0.4) is 0 Å². The topological polar surface area (TPSA) is 80.9 Å². The zero-order valence-corrected chi connectivity index (χ0v) is 10.3. The van der Waals surface area contributed by atoms with Crippen LogP contribution in [0.4, 0.5) is 10.3 Å². The van der Waals surface area contributed by atoms with Crippen LogP contribution >= 0.6 is 11.3 Å². The monoisotopic (exact) mass is 248 g/mol. The Morgan fingerprint density at radius 1 is 1.24 bits per heavy atom. The summed E-state index contributed by atoms with van der Waals surface area (Å²) >= 11 is 1.14. The van der Waals surface area contributed by atoms with Crippen LogP contribution in [0.5, 0.6) is 0 Å². The summed E-state index contributed by atoms with van der Waals surface area (Å²) in [5.74, 6) is -0.201. The van der Waals surface area contributed by atoms with E-state index in [1.54, 1.807) is 0 Å². The molecule has 0 aliphatic heterocycles. The van der Waals surface area contributed by atoms with Gasteiger partial charge in [-0.2, -0.15) is 0 Å². The highest BCUT2D eigenvalue weighted by Crippen LogP contribution is 2.18. The molecule has 88 valence electrons. The van der Waals surface area contributed by atoms with Crippen molar-refractivity contribution in [2.75, 3.05) is 11.1 Å². The molecule has 3 N–H and O–H groups in total. The van der Waals surface area contributed by atoms with Crippen LogP contribution in [0.25, 0.3) is 0 Å². The van der Waals surface area contributed by atoms with E-state index in [-0.39, 0.29) is 5.91 Å². The Labute approximate surface area is 103 Å². The van der Waals surface area contributed by atoms with E-state index in [1.165, 1.54) is 0 Å². The van der Waals surface area contributed by atoms with Crippen molar-refractivity contribution in [1.29, 1.82) is 0 Å². The number of carbonyl (C=O) groups excluding carboxylic acids is 1. The minimum absolute atomic E-state index is 0.201. The molecule has 1 amide bonds. The van der Waals surface area contributed by atoms with Gasteiger partial charge in [0, 0.05) is 5.56 Å². The Hall–Kier alpha value is -1.95. The first-order valence-corrected chi connectivity index (χ1v) is 5.85. The lowest BCUT2D eigenvalue weighted by Gasteiger charge is -2.04. The number of nitrogens with one attached hydrogen (secondary N) is 1. The van der Waals surface area contributed by atoms with Gasteiger partial charge in [-0.25, -0.2) is 0 Å². The van der Waals surface area contributed by atoms with Gasteiger partial charge in [0.25, 0.3) is 5.91 Å². The van der Waals surface area contributed by atoms with Gasteiger partial charge in [-0.3, -0.25) is 10.1 Å². The molecule has 0 aliphatic rings.